The molecular weight excluding hydrogens is 257 g/mol. The van der Waals surface area contributed by atoms with Crippen molar-refractivity contribution in [2.24, 2.45) is 5.92 Å². The molecule has 0 aromatic heterocycles. The molecule has 1 aliphatic heterocycles. The van der Waals surface area contributed by atoms with Gasteiger partial charge in [0.05, 0.1) is 5.92 Å². The Labute approximate surface area is 119 Å². The van der Waals surface area contributed by atoms with E-state index in [1.165, 1.54) is 6.07 Å². The molecule has 1 fully saturated rings. The van der Waals surface area contributed by atoms with Crippen LogP contribution in [0.3, 0.4) is 0 Å². The maximum Gasteiger partial charge on any atom is 0.311 e. The third-order valence-corrected chi connectivity index (χ3v) is 3.55. The maximum atomic E-state index is 13.7. The number of carbonyl (C=O) groups excluding carboxylic acids is 1. The molecule has 1 aliphatic rings. The standard InChI is InChI=1S/C16H22FNO2/c1-10-5-6-11(7-14(10)17)12-8-18-9-13(12)15(19)20-16(2,3)4/h5-7,12-13,18H,8-9H2,1-4H3/t12-,13+/m0/s1. The van der Waals surface area contributed by atoms with Crippen molar-refractivity contribution < 1.29 is 13.9 Å². The Hall–Kier alpha value is -1.42. The van der Waals surface area contributed by atoms with E-state index in [1.807, 2.05) is 26.8 Å². The van der Waals surface area contributed by atoms with Gasteiger partial charge in [-0.2, -0.15) is 0 Å². The Morgan fingerprint density at radius 2 is 2.05 bits per heavy atom. The van der Waals surface area contributed by atoms with Crippen molar-refractivity contribution in [3.05, 3.63) is 35.1 Å². The van der Waals surface area contributed by atoms with E-state index in [9.17, 15) is 9.18 Å². The molecule has 1 aromatic rings. The second-order valence-electron chi connectivity index (χ2n) is 6.41. The molecule has 0 unspecified atom stereocenters. The molecule has 2 rings (SSSR count). The molecule has 0 spiro atoms. The summed E-state index contributed by atoms with van der Waals surface area (Å²) in [5.74, 6) is -0.720. The van der Waals surface area contributed by atoms with Gasteiger partial charge >= 0.3 is 5.97 Å². The van der Waals surface area contributed by atoms with Crippen molar-refractivity contribution >= 4 is 5.97 Å². The van der Waals surface area contributed by atoms with Crippen LogP contribution in [-0.4, -0.2) is 24.7 Å². The summed E-state index contributed by atoms with van der Waals surface area (Å²) in [5.41, 5.74) is 0.977. The third-order valence-electron chi connectivity index (χ3n) is 3.55. The molecule has 0 saturated carbocycles. The first-order valence-electron chi connectivity index (χ1n) is 6.97. The van der Waals surface area contributed by atoms with Crippen LogP contribution in [0.5, 0.6) is 0 Å². The second kappa shape index (κ2) is 5.52. The smallest absolute Gasteiger partial charge is 0.311 e. The van der Waals surface area contributed by atoms with E-state index in [0.717, 1.165) is 5.56 Å². The maximum absolute atomic E-state index is 13.7. The highest BCUT2D eigenvalue weighted by Crippen LogP contribution is 2.31. The fourth-order valence-corrected chi connectivity index (χ4v) is 2.49. The topological polar surface area (TPSA) is 38.3 Å². The Balaban J connectivity index is 2.18. The van der Waals surface area contributed by atoms with Gasteiger partial charge in [-0.15, -0.1) is 0 Å². The molecule has 0 aliphatic carbocycles. The van der Waals surface area contributed by atoms with Gasteiger partial charge in [-0.1, -0.05) is 12.1 Å². The third kappa shape index (κ3) is 3.37. The van der Waals surface area contributed by atoms with Gasteiger partial charge in [-0.3, -0.25) is 4.79 Å². The molecule has 2 atom stereocenters. The number of halogens is 1. The molecule has 110 valence electrons. The van der Waals surface area contributed by atoms with Crippen LogP contribution >= 0.6 is 0 Å². The summed E-state index contributed by atoms with van der Waals surface area (Å²) < 4.78 is 19.2. The van der Waals surface area contributed by atoms with Crippen molar-refractivity contribution in [3.8, 4) is 0 Å². The molecule has 20 heavy (non-hydrogen) atoms. The molecule has 1 heterocycles. The second-order valence-corrected chi connectivity index (χ2v) is 6.41. The highest BCUT2D eigenvalue weighted by atomic mass is 19.1. The normalized spacial score (nSPS) is 22.9. The van der Waals surface area contributed by atoms with Gasteiger partial charge in [0.15, 0.2) is 0 Å². The zero-order valence-electron chi connectivity index (χ0n) is 12.5. The number of rotatable bonds is 2. The number of benzene rings is 1. The van der Waals surface area contributed by atoms with Crippen LogP contribution in [0, 0.1) is 18.7 Å². The average molecular weight is 279 g/mol. The van der Waals surface area contributed by atoms with E-state index in [-0.39, 0.29) is 23.6 Å². The van der Waals surface area contributed by atoms with E-state index in [1.54, 1.807) is 13.0 Å². The fourth-order valence-electron chi connectivity index (χ4n) is 2.49. The molecule has 4 heteroatoms. The minimum Gasteiger partial charge on any atom is -0.460 e. The number of hydrogen-bond donors (Lipinski definition) is 1. The minimum absolute atomic E-state index is 0.0278. The van der Waals surface area contributed by atoms with Gasteiger partial charge in [-0.25, -0.2) is 4.39 Å². The SMILES string of the molecule is Cc1ccc([C@@H]2CNC[C@H]2C(=O)OC(C)(C)C)cc1F. The predicted octanol–water partition coefficient (Wildman–Crippen LogP) is 2.78. The Kier molecular flexibility index (Phi) is 4.14. The van der Waals surface area contributed by atoms with Crippen LogP contribution in [0.1, 0.15) is 37.8 Å². The van der Waals surface area contributed by atoms with E-state index < -0.39 is 5.60 Å². The quantitative estimate of drug-likeness (QED) is 0.846. The zero-order valence-corrected chi connectivity index (χ0v) is 12.5. The van der Waals surface area contributed by atoms with Gasteiger partial charge < -0.3 is 10.1 Å². The number of esters is 1. The number of aryl methyl sites for hydroxylation is 1. The summed E-state index contributed by atoms with van der Waals surface area (Å²) in [6.45, 7) is 8.55. The largest absolute Gasteiger partial charge is 0.460 e. The van der Waals surface area contributed by atoms with E-state index in [2.05, 4.69) is 5.32 Å². The average Bonchev–Trinajstić information content (AvgIpc) is 2.79. The van der Waals surface area contributed by atoms with Gasteiger partial charge in [0.1, 0.15) is 11.4 Å². The van der Waals surface area contributed by atoms with Crippen LogP contribution in [-0.2, 0) is 9.53 Å². The van der Waals surface area contributed by atoms with Gasteiger partial charge in [0, 0.05) is 19.0 Å². The Bertz CT molecular complexity index is 508. The molecular formula is C16H22FNO2. The monoisotopic (exact) mass is 279 g/mol. The summed E-state index contributed by atoms with van der Waals surface area (Å²) in [6.07, 6.45) is 0. The summed E-state index contributed by atoms with van der Waals surface area (Å²) in [6, 6.07) is 5.19. The summed E-state index contributed by atoms with van der Waals surface area (Å²) in [7, 11) is 0. The van der Waals surface area contributed by atoms with Crippen LogP contribution in [0.2, 0.25) is 0 Å². The van der Waals surface area contributed by atoms with E-state index in [4.69, 9.17) is 4.74 Å². The molecule has 1 aromatic carbocycles. The summed E-state index contributed by atoms with van der Waals surface area (Å²) >= 11 is 0. The van der Waals surface area contributed by atoms with E-state index >= 15 is 0 Å². The number of carbonyl (C=O) groups is 1. The number of ether oxygens (including phenoxy) is 1. The van der Waals surface area contributed by atoms with Crippen LogP contribution in [0.4, 0.5) is 4.39 Å². The van der Waals surface area contributed by atoms with Gasteiger partial charge in [0.2, 0.25) is 0 Å². The number of nitrogens with one attached hydrogen (secondary N) is 1. The molecule has 1 N–H and O–H groups in total. The fraction of sp³-hybridized carbons (Fsp3) is 0.562. The van der Waals surface area contributed by atoms with Crippen molar-refractivity contribution in [2.75, 3.05) is 13.1 Å². The first-order chi connectivity index (χ1) is 9.28. The lowest BCUT2D eigenvalue weighted by atomic mass is 9.88. The number of hydrogen-bond acceptors (Lipinski definition) is 3. The summed E-state index contributed by atoms with van der Waals surface area (Å²) in [5, 5.41) is 3.20. The lowest BCUT2D eigenvalue weighted by Crippen LogP contribution is -2.31. The minimum atomic E-state index is -0.497. The van der Waals surface area contributed by atoms with E-state index in [0.29, 0.717) is 18.7 Å². The van der Waals surface area contributed by atoms with Gasteiger partial charge in [-0.05, 0) is 44.9 Å². The van der Waals surface area contributed by atoms with Crippen molar-refractivity contribution in [2.45, 2.75) is 39.2 Å². The van der Waals surface area contributed by atoms with Crippen LogP contribution in [0.25, 0.3) is 0 Å². The van der Waals surface area contributed by atoms with Crippen molar-refractivity contribution in [1.29, 1.82) is 0 Å². The Morgan fingerprint density at radius 1 is 1.35 bits per heavy atom. The highest BCUT2D eigenvalue weighted by molar-refractivity contribution is 5.75. The van der Waals surface area contributed by atoms with Crippen LogP contribution in [0.15, 0.2) is 18.2 Å². The predicted molar refractivity (Wildman–Crippen MR) is 76.1 cm³/mol. The first-order valence-corrected chi connectivity index (χ1v) is 6.97. The van der Waals surface area contributed by atoms with Crippen molar-refractivity contribution in [1.82, 2.24) is 5.32 Å². The highest BCUT2D eigenvalue weighted by Gasteiger charge is 2.36. The zero-order chi connectivity index (χ0) is 14.9. The van der Waals surface area contributed by atoms with Crippen molar-refractivity contribution in [3.63, 3.8) is 0 Å². The molecule has 0 bridgehead atoms. The van der Waals surface area contributed by atoms with Gasteiger partial charge in [0.25, 0.3) is 0 Å². The molecule has 3 nitrogen and oxygen atoms in total. The lowest BCUT2D eigenvalue weighted by Gasteiger charge is -2.24. The molecule has 0 amide bonds. The Morgan fingerprint density at radius 3 is 2.65 bits per heavy atom. The molecule has 1 saturated heterocycles. The van der Waals surface area contributed by atoms with Crippen LogP contribution < -0.4 is 5.32 Å². The molecule has 0 radical (unpaired) electrons. The lowest BCUT2D eigenvalue weighted by molar-refractivity contribution is -0.159. The first kappa shape index (κ1) is 15.0. The summed E-state index contributed by atoms with van der Waals surface area (Å²) in [4.78, 5) is 12.2.